The molecule has 1 saturated heterocycles. The first-order valence-electron chi connectivity index (χ1n) is 8.60. The number of carbonyl (C=O) groups is 1. The molecule has 1 aliphatic rings. The molecule has 1 aliphatic heterocycles. The van der Waals surface area contributed by atoms with Crippen molar-refractivity contribution >= 4 is 11.6 Å². The standard InChI is InChI=1S/C17H23FN6O/c1-11(13-5-7-19-8-6-13)9-17(25)20-14-3-4-15(18)16(10-14)24-12(2)21-22-23-24/h3-4,10-11,13,19H,5-9H2,1-2H3,(H,20,25). The molecule has 1 atom stereocenters. The highest BCUT2D eigenvalue weighted by Crippen LogP contribution is 2.25. The average Bonchev–Trinajstić information content (AvgIpc) is 3.03. The molecule has 0 radical (unpaired) electrons. The number of tetrazole rings is 1. The van der Waals surface area contributed by atoms with Gasteiger partial charge in [-0.15, -0.1) is 5.10 Å². The SMILES string of the molecule is Cc1nnnn1-c1cc(NC(=O)CC(C)C2CCNCC2)ccc1F. The normalized spacial score (nSPS) is 16.6. The predicted molar refractivity (Wildman–Crippen MR) is 91.9 cm³/mol. The van der Waals surface area contributed by atoms with Crippen LogP contribution in [0.3, 0.4) is 0 Å². The molecule has 1 unspecified atom stereocenters. The maximum absolute atomic E-state index is 14.1. The van der Waals surface area contributed by atoms with Crippen LogP contribution in [-0.2, 0) is 4.79 Å². The molecule has 8 heteroatoms. The summed E-state index contributed by atoms with van der Waals surface area (Å²) < 4.78 is 15.4. The third kappa shape index (κ3) is 4.19. The van der Waals surface area contributed by atoms with E-state index in [2.05, 4.69) is 33.1 Å². The quantitative estimate of drug-likeness (QED) is 0.866. The lowest BCUT2D eigenvalue weighted by atomic mass is 9.84. The van der Waals surface area contributed by atoms with Gasteiger partial charge in [0, 0.05) is 12.1 Å². The molecule has 2 N–H and O–H groups in total. The Labute approximate surface area is 146 Å². The topological polar surface area (TPSA) is 84.7 Å². The van der Waals surface area contributed by atoms with Crippen LogP contribution >= 0.6 is 0 Å². The van der Waals surface area contributed by atoms with Crippen LogP contribution in [0.25, 0.3) is 5.69 Å². The number of halogens is 1. The van der Waals surface area contributed by atoms with Gasteiger partial charge in [-0.3, -0.25) is 4.79 Å². The molecule has 0 bridgehead atoms. The molecule has 0 saturated carbocycles. The summed E-state index contributed by atoms with van der Waals surface area (Å²) >= 11 is 0. The second-order valence-corrected chi connectivity index (χ2v) is 6.62. The fourth-order valence-corrected chi connectivity index (χ4v) is 3.29. The molecular weight excluding hydrogens is 323 g/mol. The maximum Gasteiger partial charge on any atom is 0.224 e. The fourth-order valence-electron chi connectivity index (χ4n) is 3.29. The van der Waals surface area contributed by atoms with Gasteiger partial charge in [-0.1, -0.05) is 6.92 Å². The monoisotopic (exact) mass is 346 g/mol. The van der Waals surface area contributed by atoms with Gasteiger partial charge in [-0.2, -0.15) is 4.68 Å². The van der Waals surface area contributed by atoms with E-state index in [0.717, 1.165) is 25.9 Å². The van der Waals surface area contributed by atoms with Crippen molar-refractivity contribution < 1.29 is 9.18 Å². The lowest BCUT2D eigenvalue weighted by molar-refractivity contribution is -0.117. The lowest BCUT2D eigenvalue weighted by Crippen LogP contribution is -2.32. The van der Waals surface area contributed by atoms with E-state index < -0.39 is 5.82 Å². The van der Waals surface area contributed by atoms with E-state index in [1.807, 2.05) is 0 Å². The van der Waals surface area contributed by atoms with Crippen molar-refractivity contribution in [1.29, 1.82) is 0 Å². The highest BCUT2D eigenvalue weighted by Gasteiger charge is 2.22. The van der Waals surface area contributed by atoms with E-state index in [9.17, 15) is 9.18 Å². The van der Waals surface area contributed by atoms with Gasteiger partial charge in [0.1, 0.15) is 11.5 Å². The summed E-state index contributed by atoms with van der Waals surface area (Å²) in [5, 5.41) is 17.3. The molecular formula is C17H23FN6O. The number of aromatic nitrogens is 4. The maximum atomic E-state index is 14.1. The summed E-state index contributed by atoms with van der Waals surface area (Å²) in [5.74, 6) is 0.860. The molecule has 1 aromatic carbocycles. The zero-order chi connectivity index (χ0) is 17.8. The number of amides is 1. The number of nitrogens with one attached hydrogen (secondary N) is 2. The number of aryl methyl sites for hydroxylation is 1. The Balaban J connectivity index is 1.66. The largest absolute Gasteiger partial charge is 0.326 e. The van der Waals surface area contributed by atoms with Crippen molar-refractivity contribution in [2.24, 2.45) is 11.8 Å². The van der Waals surface area contributed by atoms with Crippen molar-refractivity contribution in [3.8, 4) is 5.69 Å². The molecule has 1 amide bonds. The highest BCUT2D eigenvalue weighted by molar-refractivity contribution is 5.91. The molecule has 134 valence electrons. The Hall–Kier alpha value is -2.35. The van der Waals surface area contributed by atoms with Crippen molar-refractivity contribution in [2.75, 3.05) is 18.4 Å². The molecule has 0 aliphatic carbocycles. The van der Waals surface area contributed by atoms with Gasteiger partial charge in [-0.25, -0.2) is 4.39 Å². The van der Waals surface area contributed by atoms with Crippen molar-refractivity contribution in [1.82, 2.24) is 25.5 Å². The zero-order valence-electron chi connectivity index (χ0n) is 14.5. The lowest BCUT2D eigenvalue weighted by Gasteiger charge is -2.27. The first-order valence-corrected chi connectivity index (χ1v) is 8.60. The summed E-state index contributed by atoms with van der Waals surface area (Å²) in [6.07, 6.45) is 2.67. The van der Waals surface area contributed by atoms with E-state index in [0.29, 0.717) is 29.8 Å². The number of hydrogen-bond acceptors (Lipinski definition) is 5. The minimum Gasteiger partial charge on any atom is -0.326 e. The predicted octanol–water partition coefficient (Wildman–Crippen LogP) is 2.07. The minimum absolute atomic E-state index is 0.0583. The molecule has 3 rings (SSSR count). The number of benzene rings is 1. The molecule has 1 aromatic heterocycles. The van der Waals surface area contributed by atoms with Crippen LogP contribution in [0.15, 0.2) is 18.2 Å². The number of piperidine rings is 1. The van der Waals surface area contributed by atoms with Crippen LogP contribution in [-0.4, -0.2) is 39.2 Å². The van der Waals surface area contributed by atoms with Crippen LogP contribution in [0.1, 0.15) is 32.0 Å². The Kier molecular flexibility index (Phi) is 5.37. The van der Waals surface area contributed by atoms with Gasteiger partial charge in [0.05, 0.1) is 0 Å². The number of anilines is 1. The average molecular weight is 346 g/mol. The minimum atomic E-state index is -0.448. The molecule has 7 nitrogen and oxygen atoms in total. The summed E-state index contributed by atoms with van der Waals surface area (Å²) in [6, 6.07) is 4.40. The molecule has 0 spiro atoms. The van der Waals surface area contributed by atoms with Crippen LogP contribution in [0.5, 0.6) is 0 Å². The van der Waals surface area contributed by atoms with Gasteiger partial charge in [0.2, 0.25) is 5.91 Å². The highest BCUT2D eigenvalue weighted by atomic mass is 19.1. The van der Waals surface area contributed by atoms with E-state index in [-0.39, 0.29) is 11.6 Å². The number of nitrogens with zero attached hydrogens (tertiary/aromatic N) is 4. The Morgan fingerprint density at radius 3 is 2.88 bits per heavy atom. The van der Waals surface area contributed by atoms with Gasteiger partial charge in [0.25, 0.3) is 0 Å². The van der Waals surface area contributed by atoms with Crippen molar-refractivity contribution in [2.45, 2.75) is 33.1 Å². The van der Waals surface area contributed by atoms with E-state index in [1.165, 1.54) is 10.7 Å². The smallest absolute Gasteiger partial charge is 0.224 e. The molecule has 2 aromatic rings. The second-order valence-electron chi connectivity index (χ2n) is 6.62. The van der Waals surface area contributed by atoms with Crippen LogP contribution in [0.2, 0.25) is 0 Å². The summed E-state index contributed by atoms with van der Waals surface area (Å²) in [7, 11) is 0. The molecule has 1 fully saturated rings. The van der Waals surface area contributed by atoms with E-state index in [4.69, 9.17) is 0 Å². The number of hydrogen-bond donors (Lipinski definition) is 2. The first-order chi connectivity index (χ1) is 12.0. The Bertz CT molecular complexity index is 740. The second kappa shape index (κ2) is 7.69. The van der Waals surface area contributed by atoms with Crippen LogP contribution in [0, 0.1) is 24.6 Å². The third-order valence-electron chi connectivity index (χ3n) is 4.78. The van der Waals surface area contributed by atoms with Crippen LogP contribution in [0.4, 0.5) is 10.1 Å². The van der Waals surface area contributed by atoms with Gasteiger partial charge in [-0.05, 0) is 73.3 Å². The van der Waals surface area contributed by atoms with Gasteiger partial charge >= 0.3 is 0 Å². The Morgan fingerprint density at radius 1 is 1.44 bits per heavy atom. The first kappa shape index (κ1) is 17.5. The zero-order valence-corrected chi connectivity index (χ0v) is 14.5. The summed E-state index contributed by atoms with van der Waals surface area (Å²) in [5.41, 5.74) is 0.750. The van der Waals surface area contributed by atoms with Gasteiger partial charge in [0.15, 0.2) is 5.82 Å². The third-order valence-corrected chi connectivity index (χ3v) is 4.78. The van der Waals surface area contributed by atoms with Gasteiger partial charge < -0.3 is 10.6 Å². The summed E-state index contributed by atoms with van der Waals surface area (Å²) in [4.78, 5) is 12.3. The number of carbonyl (C=O) groups excluding carboxylic acids is 1. The van der Waals surface area contributed by atoms with Crippen molar-refractivity contribution in [3.05, 3.63) is 29.8 Å². The fraction of sp³-hybridized carbons (Fsp3) is 0.529. The van der Waals surface area contributed by atoms with E-state index >= 15 is 0 Å². The number of rotatable bonds is 5. The Morgan fingerprint density at radius 2 is 2.20 bits per heavy atom. The molecule has 2 heterocycles. The van der Waals surface area contributed by atoms with Crippen molar-refractivity contribution in [3.63, 3.8) is 0 Å². The van der Waals surface area contributed by atoms with Crippen LogP contribution < -0.4 is 10.6 Å². The summed E-state index contributed by atoms with van der Waals surface area (Å²) in [6.45, 7) is 5.84. The van der Waals surface area contributed by atoms with E-state index in [1.54, 1.807) is 19.1 Å². The molecule has 25 heavy (non-hydrogen) atoms.